The van der Waals surface area contributed by atoms with Crippen LogP contribution in [0.4, 0.5) is 0 Å². The molecule has 21 heavy (non-hydrogen) atoms. The van der Waals surface area contributed by atoms with Gasteiger partial charge in [-0.25, -0.2) is 4.98 Å². The molecule has 1 saturated heterocycles. The summed E-state index contributed by atoms with van der Waals surface area (Å²) in [5, 5.41) is 3.88. The van der Waals surface area contributed by atoms with Gasteiger partial charge in [-0.1, -0.05) is 5.16 Å². The van der Waals surface area contributed by atoms with Gasteiger partial charge in [0.2, 0.25) is 11.8 Å². The molecule has 114 valence electrons. The Morgan fingerprint density at radius 1 is 1.24 bits per heavy atom. The molecule has 2 aromatic rings. The molecule has 2 aromatic heterocycles. The van der Waals surface area contributed by atoms with E-state index in [-0.39, 0.29) is 12.1 Å². The van der Waals surface area contributed by atoms with Gasteiger partial charge in [0.05, 0.1) is 24.9 Å². The average Bonchev–Trinajstić information content (AvgIpc) is 2.97. The third-order valence-corrected chi connectivity index (χ3v) is 3.80. The number of aromatic nitrogens is 3. The highest BCUT2D eigenvalue weighted by molar-refractivity contribution is 5.06. The zero-order chi connectivity index (χ0) is 15.0. The minimum atomic E-state index is -0.0764. The molecule has 0 bridgehead atoms. The number of hydrogen-bond donors (Lipinski definition) is 0. The Kier molecular flexibility index (Phi) is 3.77. The molecule has 1 fully saturated rings. The van der Waals surface area contributed by atoms with Gasteiger partial charge in [0.25, 0.3) is 0 Å². The predicted octanol–water partition coefficient (Wildman–Crippen LogP) is 1.94. The van der Waals surface area contributed by atoms with Gasteiger partial charge < -0.3 is 13.7 Å². The Bertz CT molecular complexity index is 602. The highest BCUT2D eigenvalue weighted by Gasteiger charge is 2.35. The van der Waals surface area contributed by atoms with Gasteiger partial charge in [-0.3, -0.25) is 4.90 Å². The lowest BCUT2D eigenvalue weighted by molar-refractivity contribution is -0.0786. The molecule has 1 aliphatic rings. The molecule has 0 amide bonds. The first-order chi connectivity index (χ1) is 10.0. The first-order valence-corrected chi connectivity index (χ1v) is 7.13. The van der Waals surface area contributed by atoms with E-state index in [0.29, 0.717) is 30.8 Å². The molecule has 0 radical (unpaired) electrons. The van der Waals surface area contributed by atoms with Gasteiger partial charge in [0, 0.05) is 6.54 Å². The second kappa shape index (κ2) is 5.57. The lowest BCUT2D eigenvalue weighted by Gasteiger charge is -2.36. The van der Waals surface area contributed by atoms with Crippen LogP contribution in [0.15, 0.2) is 8.94 Å². The van der Waals surface area contributed by atoms with Crippen LogP contribution in [0.5, 0.6) is 0 Å². The number of morpholine rings is 1. The van der Waals surface area contributed by atoms with Crippen molar-refractivity contribution in [1.82, 2.24) is 20.0 Å². The van der Waals surface area contributed by atoms with E-state index < -0.39 is 0 Å². The average molecular weight is 292 g/mol. The first kappa shape index (κ1) is 14.2. The van der Waals surface area contributed by atoms with Gasteiger partial charge >= 0.3 is 0 Å². The molecule has 0 aromatic carbocycles. The van der Waals surface area contributed by atoms with Crippen molar-refractivity contribution in [1.29, 1.82) is 0 Å². The van der Waals surface area contributed by atoms with E-state index in [1.54, 1.807) is 0 Å². The van der Waals surface area contributed by atoms with Crippen molar-refractivity contribution in [3.63, 3.8) is 0 Å². The zero-order valence-corrected chi connectivity index (χ0v) is 12.8. The highest BCUT2D eigenvalue weighted by atomic mass is 16.5. The van der Waals surface area contributed by atoms with Crippen LogP contribution in [-0.4, -0.2) is 39.3 Å². The molecule has 0 aliphatic carbocycles. The third kappa shape index (κ3) is 2.84. The predicted molar refractivity (Wildman–Crippen MR) is 73.6 cm³/mol. The summed E-state index contributed by atoms with van der Waals surface area (Å²) in [5.41, 5.74) is 0.927. The fourth-order valence-corrected chi connectivity index (χ4v) is 2.63. The van der Waals surface area contributed by atoms with E-state index in [1.807, 2.05) is 27.7 Å². The maximum absolute atomic E-state index is 5.73. The maximum atomic E-state index is 5.73. The molecule has 7 heteroatoms. The summed E-state index contributed by atoms with van der Waals surface area (Å²) < 4.78 is 16.7. The topological polar surface area (TPSA) is 77.4 Å². The minimum Gasteiger partial charge on any atom is -0.444 e. The normalized spacial score (nSPS) is 23.6. The summed E-state index contributed by atoms with van der Waals surface area (Å²) in [4.78, 5) is 11.0. The molecular weight excluding hydrogens is 272 g/mol. The Morgan fingerprint density at radius 2 is 2.05 bits per heavy atom. The number of oxazole rings is 1. The van der Waals surface area contributed by atoms with E-state index >= 15 is 0 Å². The molecule has 2 atom stereocenters. The molecular formula is C14H20N4O3. The highest BCUT2D eigenvalue weighted by Crippen LogP contribution is 2.29. The maximum Gasteiger partial charge on any atom is 0.246 e. The minimum absolute atomic E-state index is 0.0178. The van der Waals surface area contributed by atoms with Gasteiger partial charge in [0.15, 0.2) is 5.82 Å². The van der Waals surface area contributed by atoms with Crippen molar-refractivity contribution >= 4 is 0 Å². The Balaban J connectivity index is 1.83. The fourth-order valence-electron chi connectivity index (χ4n) is 2.63. The number of aryl methyl sites for hydroxylation is 3. The lowest BCUT2D eigenvalue weighted by Crippen LogP contribution is -2.43. The Labute approximate surface area is 123 Å². The molecule has 0 spiro atoms. The summed E-state index contributed by atoms with van der Waals surface area (Å²) in [6.45, 7) is 9.75. The van der Waals surface area contributed by atoms with Gasteiger partial charge in [-0.05, 0) is 27.7 Å². The SMILES string of the molecule is Cc1noc([C@@H]2[C@@H](C)OCCN2Cc2nc(C)c(C)o2)n1. The van der Waals surface area contributed by atoms with E-state index in [9.17, 15) is 0 Å². The Hall–Kier alpha value is -1.73. The van der Waals surface area contributed by atoms with Crippen LogP contribution in [0.1, 0.15) is 42.0 Å². The van der Waals surface area contributed by atoms with Crippen LogP contribution in [-0.2, 0) is 11.3 Å². The van der Waals surface area contributed by atoms with Crippen molar-refractivity contribution in [2.75, 3.05) is 13.2 Å². The quantitative estimate of drug-likeness (QED) is 0.855. The van der Waals surface area contributed by atoms with Gasteiger partial charge in [0.1, 0.15) is 11.8 Å². The zero-order valence-electron chi connectivity index (χ0n) is 12.8. The number of hydrogen-bond acceptors (Lipinski definition) is 7. The van der Waals surface area contributed by atoms with Gasteiger partial charge in [-0.15, -0.1) is 0 Å². The summed E-state index contributed by atoms with van der Waals surface area (Å²) in [6, 6.07) is -0.0764. The standard InChI is InChI=1S/C14H20N4O3/c1-8-9(2)20-12(15-8)7-18-5-6-19-10(3)13(18)14-16-11(4)17-21-14/h10,13H,5-7H2,1-4H3/t10-,13+/m1/s1. The summed E-state index contributed by atoms with van der Waals surface area (Å²) in [6.07, 6.45) is -0.0178. The molecule has 3 heterocycles. The number of ether oxygens (including phenoxy) is 1. The second-order valence-electron chi connectivity index (χ2n) is 5.42. The van der Waals surface area contributed by atoms with E-state index in [2.05, 4.69) is 20.0 Å². The Morgan fingerprint density at radius 3 is 2.67 bits per heavy atom. The second-order valence-corrected chi connectivity index (χ2v) is 5.42. The summed E-state index contributed by atoms with van der Waals surface area (Å²) in [5.74, 6) is 2.78. The summed E-state index contributed by atoms with van der Waals surface area (Å²) in [7, 11) is 0. The van der Waals surface area contributed by atoms with Crippen molar-refractivity contribution in [3.05, 3.63) is 29.1 Å². The van der Waals surface area contributed by atoms with Gasteiger partial charge in [-0.2, -0.15) is 4.98 Å². The van der Waals surface area contributed by atoms with Crippen LogP contribution in [0.2, 0.25) is 0 Å². The molecule has 7 nitrogen and oxygen atoms in total. The molecule has 0 N–H and O–H groups in total. The van der Waals surface area contributed by atoms with E-state index in [1.165, 1.54) is 0 Å². The van der Waals surface area contributed by atoms with E-state index in [0.717, 1.165) is 18.0 Å². The first-order valence-electron chi connectivity index (χ1n) is 7.13. The van der Waals surface area contributed by atoms with Crippen LogP contribution < -0.4 is 0 Å². The van der Waals surface area contributed by atoms with Crippen molar-refractivity contribution in [2.24, 2.45) is 0 Å². The van der Waals surface area contributed by atoms with E-state index in [4.69, 9.17) is 13.7 Å². The monoisotopic (exact) mass is 292 g/mol. The fraction of sp³-hybridized carbons (Fsp3) is 0.643. The number of rotatable bonds is 3. The summed E-state index contributed by atoms with van der Waals surface area (Å²) >= 11 is 0. The molecule has 3 rings (SSSR count). The third-order valence-electron chi connectivity index (χ3n) is 3.80. The number of nitrogens with zero attached hydrogens (tertiary/aromatic N) is 4. The molecule has 1 aliphatic heterocycles. The van der Waals surface area contributed by atoms with Crippen molar-refractivity contribution in [3.8, 4) is 0 Å². The molecule has 0 unspecified atom stereocenters. The van der Waals surface area contributed by atoms with Crippen LogP contribution in [0.25, 0.3) is 0 Å². The van der Waals surface area contributed by atoms with Crippen LogP contribution in [0, 0.1) is 20.8 Å². The smallest absolute Gasteiger partial charge is 0.246 e. The molecule has 0 saturated carbocycles. The van der Waals surface area contributed by atoms with Crippen molar-refractivity contribution < 1.29 is 13.7 Å². The van der Waals surface area contributed by atoms with Crippen LogP contribution >= 0.6 is 0 Å². The lowest BCUT2D eigenvalue weighted by atomic mass is 10.1. The van der Waals surface area contributed by atoms with Crippen LogP contribution in [0.3, 0.4) is 0 Å². The van der Waals surface area contributed by atoms with Crippen molar-refractivity contribution in [2.45, 2.75) is 46.4 Å². The largest absolute Gasteiger partial charge is 0.444 e.